The third kappa shape index (κ3) is 3.47. The zero-order valence-electron chi connectivity index (χ0n) is 14.6. The Hall–Kier alpha value is -1.85. The number of piperidine rings is 1. The molecule has 24 heavy (non-hydrogen) atoms. The minimum Gasteiger partial charge on any atom is -0.351 e. The maximum Gasteiger partial charge on any atom is 0.289 e. The summed E-state index contributed by atoms with van der Waals surface area (Å²) in [5.74, 6) is 0.324. The molecule has 1 aromatic heterocycles. The number of likely N-dealkylation sites (tertiary alicyclic amines) is 1. The van der Waals surface area contributed by atoms with Gasteiger partial charge in [0.05, 0.1) is 5.69 Å². The van der Waals surface area contributed by atoms with Gasteiger partial charge in [-0.1, -0.05) is 13.3 Å². The van der Waals surface area contributed by atoms with Crippen LogP contribution in [0.1, 0.15) is 78.7 Å². The van der Waals surface area contributed by atoms with Crippen LogP contribution < -0.4 is 5.32 Å². The number of unbranched alkanes of at least 4 members (excludes halogenated alkanes) is 1. The molecule has 3 heterocycles. The Morgan fingerprint density at radius 3 is 2.58 bits per heavy atom. The summed E-state index contributed by atoms with van der Waals surface area (Å²) >= 11 is 0. The van der Waals surface area contributed by atoms with Gasteiger partial charge in [0.1, 0.15) is 5.69 Å². The standard InChI is InChI=1S/C18H28N4O2/c1-2-3-10-19-17(23)15-14-9-5-8-13-22(14)16(20-15)18(24)21-11-6-4-7-12-21/h2-13H2,1H3,(H,19,23). The van der Waals surface area contributed by atoms with Crippen molar-refractivity contribution in [1.29, 1.82) is 0 Å². The van der Waals surface area contributed by atoms with Crippen LogP contribution in [0, 0.1) is 0 Å². The van der Waals surface area contributed by atoms with Crippen LogP contribution in [0.3, 0.4) is 0 Å². The normalized spacial score (nSPS) is 17.5. The Balaban J connectivity index is 1.84. The number of fused-ring (bicyclic) bond motifs is 1. The van der Waals surface area contributed by atoms with Gasteiger partial charge in [0, 0.05) is 26.2 Å². The van der Waals surface area contributed by atoms with Crippen molar-refractivity contribution in [2.45, 2.75) is 64.8 Å². The van der Waals surface area contributed by atoms with Crippen LogP contribution in [-0.4, -0.2) is 45.9 Å². The van der Waals surface area contributed by atoms with Crippen molar-refractivity contribution < 1.29 is 9.59 Å². The van der Waals surface area contributed by atoms with E-state index in [0.29, 0.717) is 18.1 Å². The van der Waals surface area contributed by atoms with E-state index in [-0.39, 0.29) is 11.8 Å². The highest BCUT2D eigenvalue weighted by molar-refractivity contribution is 5.97. The Kier molecular flexibility index (Phi) is 5.53. The SMILES string of the molecule is CCCCNC(=O)c1nc(C(=O)N2CCCCC2)n2c1CCCC2. The second-order valence-electron chi connectivity index (χ2n) is 6.80. The van der Waals surface area contributed by atoms with Crippen LogP contribution in [0.4, 0.5) is 0 Å². The summed E-state index contributed by atoms with van der Waals surface area (Å²) in [6, 6.07) is 0. The number of rotatable bonds is 5. The third-order valence-electron chi connectivity index (χ3n) is 4.98. The van der Waals surface area contributed by atoms with Crippen molar-refractivity contribution in [2.75, 3.05) is 19.6 Å². The molecule has 0 unspecified atom stereocenters. The van der Waals surface area contributed by atoms with Gasteiger partial charge in [0.15, 0.2) is 5.82 Å². The summed E-state index contributed by atoms with van der Waals surface area (Å²) in [5.41, 5.74) is 1.40. The lowest BCUT2D eigenvalue weighted by Gasteiger charge is -2.27. The van der Waals surface area contributed by atoms with E-state index >= 15 is 0 Å². The maximum atomic E-state index is 12.9. The molecule has 132 valence electrons. The van der Waals surface area contributed by atoms with Crippen molar-refractivity contribution in [2.24, 2.45) is 0 Å². The second-order valence-corrected chi connectivity index (χ2v) is 6.80. The summed E-state index contributed by atoms with van der Waals surface area (Å²) in [4.78, 5) is 31.8. The highest BCUT2D eigenvalue weighted by Crippen LogP contribution is 2.23. The van der Waals surface area contributed by atoms with Gasteiger partial charge in [-0.2, -0.15) is 0 Å². The molecule has 0 saturated carbocycles. The quantitative estimate of drug-likeness (QED) is 0.842. The summed E-state index contributed by atoms with van der Waals surface area (Å²) in [7, 11) is 0. The predicted molar refractivity (Wildman–Crippen MR) is 92.2 cm³/mol. The first kappa shape index (κ1) is 17.0. The van der Waals surface area contributed by atoms with Gasteiger partial charge in [-0.05, 0) is 44.9 Å². The first-order chi connectivity index (χ1) is 11.7. The van der Waals surface area contributed by atoms with Gasteiger partial charge >= 0.3 is 0 Å². The predicted octanol–water partition coefficient (Wildman–Crippen LogP) is 2.38. The van der Waals surface area contributed by atoms with Gasteiger partial charge in [0.2, 0.25) is 0 Å². The molecule has 0 aromatic carbocycles. The molecule has 1 N–H and O–H groups in total. The Morgan fingerprint density at radius 2 is 1.83 bits per heavy atom. The lowest BCUT2D eigenvalue weighted by Crippen LogP contribution is -2.37. The van der Waals surface area contributed by atoms with Crippen molar-refractivity contribution in [3.05, 3.63) is 17.2 Å². The van der Waals surface area contributed by atoms with Crippen LogP contribution >= 0.6 is 0 Å². The molecule has 0 bridgehead atoms. The lowest BCUT2D eigenvalue weighted by atomic mass is 10.1. The average molecular weight is 332 g/mol. The fourth-order valence-corrected chi connectivity index (χ4v) is 3.59. The zero-order valence-corrected chi connectivity index (χ0v) is 14.6. The Morgan fingerprint density at radius 1 is 1.08 bits per heavy atom. The first-order valence-corrected chi connectivity index (χ1v) is 9.39. The van der Waals surface area contributed by atoms with Crippen molar-refractivity contribution in [1.82, 2.24) is 19.8 Å². The Bertz CT molecular complexity index is 602. The van der Waals surface area contributed by atoms with Crippen molar-refractivity contribution in [3.8, 4) is 0 Å². The fourth-order valence-electron chi connectivity index (χ4n) is 3.59. The molecule has 2 aliphatic heterocycles. The number of hydrogen-bond donors (Lipinski definition) is 1. The number of hydrogen-bond acceptors (Lipinski definition) is 3. The van der Waals surface area contributed by atoms with E-state index in [1.807, 2.05) is 9.47 Å². The van der Waals surface area contributed by atoms with Crippen LogP contribution in [0.25, 0.3) is 0 Å². The molecule has 1 fully saturated rings. The van der Waals surface area contributed by atoms with E-state index in [1.165, 1.54) is 6.42 Å². The summed E-state index contributed by atoms with van der Waals surface area (Å²) in [6.07, 6.45) is 8.24. The molecular weight excluding hydrogens is 304 g/mol. The number of imidazole rings is 1. The molecule has 2 amide bonds. The fraction of sp³-hybridized carbons (Fsp3) is 0.722. The van der Waals surface area contributed by atoms with Crippen LogP contribution in [-0.2, 0) is 13.0 Å². The number of amides is 2. The van der Waals surface area contributed by atoms with E-state index in [2.05, 4.69) is 17.2 Å². The minimum atomic E-state index is -0.133. The molecule has 6 heteroatoms. The average Bonchev–Trinajstić information content (AvgIpc) is 3.02. The topological polar surface area (TPSA) is 67.2 Å². The van der Waals surface area contributed by atoms with E-state index < -0.39 is 0 Å². The van der Waals surface area contributed by atoms with E-state index in [1.54, 1.807) is 0 Å². The van der Waals surface area contributed by atoms with Gasteiger partial charge in [0.25, 0.3) is 11.8 Å². The molecule has 0 atom stereocenters. The number of nitrogens with zero attached hydrogens (tertiary/aromatic N) is 3. The molecule has 0 spiro atoms. The number of aromatic nitrogens is 2. The van der Waals surface area contributed by atoms with Gasteiger partial charge in [-0.25, -0.2) is 4.98 Å². The third-order valence-corrected chi connectivity index (χ3v) is 4.98. The van der Waals surface area contributed by atoms with Crippen LogP contribution in [0.2, 0.25) is 0 Å². The van der Waals surface area contributed by atoms with E-state index in [0.717, 1.165) is 70.3 Å². The van der Waals surface area contributed by atoms with Crippen molar-refractivity contribution in [3.63, 3.8) is 0 Å². The number of carbonyl (C=O) groups excluding carboxylic acids is 2. The van der Waals surface area contributed by atoms with Crippen LogP contribution in [0.15, 0.2) is 0 Å². The monoisotopic (exact) mass is 332 g/mol. The first-order valence-electron chi connectivity index (χ1n) is 9.39. The second kappa shape index (κ2) is 7.81. The molecular formula is C18H28N4O2. The molecule has 3 rings (SSSR count). The van der Waals surface area contributed by atoms with Crippen molar-refractivity contribution >= 4 is 11.8 Å². The molecule has 2 aliphatic rings. The van der Waals surface area contributed by atoms with E-state index in [9.17, 15) is 9.59 Å². The smallest absolute Gasteiger partial charge is 0.289 e. The van der Waals surface area contributed by atoms with Gasteiger partial charge < -0.3 is 14.8 Å². The number of nitrogens with one attached hydrogen (secondary N) is 1. The summed E-state index contributed by atoms with van der Waals surface area (Å²) in [5, 5.41) is 2.94. The molecule has 0 aliphatic carbocycles. The maximum absolute atomic E-state index is 12.9. The molecule has 1 aromatic rings. The van der Waals surface area contributed by atoms with Crippen LogP contribution in [0.5, 0.6) is 0 Å². The van der Waals surface area contributed by atoms with Gasteiger partial charge in [-0.3, -0.25) is 9.59 Å². The molecule has 6 nitrogen and oxygen atoms in total. The summed E-state index contributed by atoms with van der Waals surface area (Å²) < 4.78 is 2.00. The zero-order chi connectivity index (χ0) is 16.9. The Labute approximate surface area is 143 Å². The molecule has 1 saturated heterocycles. The highest BCUT2D eigenvalue weighted by atomic mass is 16.2. The minimum absolute atomic E-state index is 0.00884. The van der Waals surface area contributed by atoms with Gasteiger partial charge in [-0.15, -0.1) is 0 Å². The van der Waals surface area contributed by atoms with E-state index in [4.69, 9.17) is 0 Å². The highest BCUT2D eigenvalue weighted by Gasteiger charge is 2.30. The number of carbonyl (C=O) groups is 2. The largest absolute Gasteiger partial charge is 0.351 e. The lowest BCUT2D eigenvalue weighted by molar-refractivity contribution is 0.0705. The molecule has 0 radical (unpaired) electrons. The summed E-state index contributed by atoms with van der Waals surface area (Å²) in [6.45, 7) is 5.16.